The number of aromatic amines is 1. The van der Waals surface area contributed by atoms with Crippen molar-refractivity contribution in [2.75, 3.05) is 11.9 Å². The van der Waals surface area contributed by atoms with Gasteiger partial charge in [0.15, 0.2) is 0 Å². The summed E-state index contributed by atoms with van der Waals surface area (Å²) in [6.07, 6.45) is 8.06. The van der Waals surface area contributed by atoms with Gasteiger partial charge in [0.25, 0.3) is 5.56 Å². The molecule has 2 rings (SSSR count). The van der Waals surface area contributed by atoms with Crippen LogP contribution in [0.1, 0.15) is 39.0 Å². The summed E-state index contributed by atoms with van der Waals surface area (Å²) in [4.78, 5) is 11.3. The van der Waals surface area contributed by atoms with Crippen LogP contribution < -0.4 is 10.9 Å². The van der Waals surface area contributed by atoms with Gasteiger partial charge in [-0.3, -0.25) is 4.79 Å². The number of hydrogen-bond donors (Lipinski definition) is 2. The lowest BCUT2D eigenvalue weighted by Gasteiger charge is -2.26. The normalized spacial score (nSPS) is 23.9. The Morgan fingerprint density at radius 3 is 3.17 bits per heavy atom. The van der Waals surface area contributed by atoms with E-state index in [1.807, 2.05) is 0 Å². The quantitative estimate of drug-likeness (QED) is 0.883. The van der Waals surface area contributed by atoms with Crippen LogP contribution in [-0.4, -0.2) is 16.7 Å². The van der Waals surface area contributed by atoms with E-state index in [4.69, 9.17) is 11.6 Å². The van der Waals surface area contributed by atoms with Crippen molar-refractivity contribution in [2.45, 2.75) is 39.0 Å². The average Bonchev–Trinajstić information content (AvgIpc) is 2.35. The summed E-state index contributed by atoms with van der Waals surface area (Å²) in [5, 5.41) is 9.44. The Hall–Kier alpha value is -1.03. The van der Waals surface area contributed by atoms with E-state index < -0.39 is 0 Å². The van der Waals surface area contributed by atoms with Gasteiger partial charge in [0, 0.05) is 6.54 Å². The van der Waals surface area contributed by atoms with Crippen molar-refractivity contribution >= 4 is 17.3 Å². The molecule has 0 aromatic carbocycles. The zero-order valence-electron chi connectivity index (χ0n) is 10.7. The molecule has 18 heavy (non-hydrogen) atoms. The van der Waals surface area contributed by atoms with Crippen molar-refractivity contribution < 1.29 is 0 Å². The van der Waals surface area contributed by atoms with E-state index in [1.54, 1.807) is 6.20 Å². The zero-order valence-corrected chi connectivity index (χ0v) is 11.5. The van der Waals surface area contributed by atoms with Crippen LogP contribution in [0, 0.1) is 11.8 Å². The van der Waals surface area contributed by atoms with E-state index in [1.165, 1.54) is 25.7 Å². The molecule has 0 aliphatic heterocycles. The predicted octanol–water partition coefficient (Wildman–Crippen LogP) is 3.05. The Bertz CT molecular complexity index is 446. The summed E-state index contributed by atoms with van der Waals surface area (Å²) in [5.74, 6) is 1.66. The Morgan fingerprint density at radius 1 is 1.56 bits per heavy atom. The van der Waals surface area contributed by atoms with Crippen LogP contribution in [0.5, 0.6) is 0 Å². The van der Waals surface area contributed by atoms with Crippen molar-refractivity contribution in [2.24, 2.45) is 11.8 Å². The molecule has 1 fully saturated rings. The number of nitrogens with one attached hydrogen (secondary N) is 2. The molecule has 4 nitrogen and oxygen atoms in total. The van der Waals surface area contributed by atoms with E-state index in [0.29, 0.717) is 5.69 Å². The van der Waals surface area contributed by atoms with E-state index in [9.17, 15) is 4.79 Å². The molecule has 5 heteroatoms. The molecule has 1 heterocycles. The largest absolute Gasteiger partial charge is 0.382 e. The summed E-state index contributed by atoms with van der Waals surface area (Å²) in [6, 6.07) is 0. The van der Waals surface area contributed by atoms with Gasteiger partial charge < -0.3 is 5.32 Å². The zero-order chi connectivity index (χ0) is 13.0. The van der Waals surface area contributed by atoms with Gasteiger partial charge in [0.2, 0.25) is 0 Å². The molecule has 1 aromatic rings. The molecule has 1 saturated carbocycles. The van der Waals surface area contributed by atoms with Gasteiger partial charge >= 0.3 is 0 Å². The highest BCUT2D eigenvalue weighted by Crippen LogP contribution is 2.30. The van der Waals surface area contributed by atoms with E-state index >= 15 is 0 Å². The molecular weight excluding hydrogens is 250 g/mol. The number of nitrogens with zero attached hydrogens (tertiary/aromatic N) is 1. The molecule has 0 radical (unpaired) electrons. The highest BCUT2D eigenvalue weighted by atomic mass is 35.5. The molecule has 100 valence electrons. The molecule has 1 aliphatic carbocycles. The van der Waals surface area contributed by atoms with Gasteiger partial charge in [-0.1, -0.05) is 37.8 Å². The molecule has 0 spiro atoms. The first-order valence-corrected chi connectivity index (χ1v) is 7.01. The Kier molecular flexibility index (Phi) is 4.64. The molecule has 1 aromatic heterocycles. The number of halogens is 1. The maximum Gasteiger partial charge on any atom is 0.285 e. The first kappa shape index (κ1) is 13.4. The second-order valence-electron chi connectivity index (χ2n) is 5.28. The minimum absolute atomic E-state index is 0.196. The Labute approximate surface area is 112 Å². The highest BCUT2D eigenvalue weighted by molar-refractivity contribution is 6.32. The van der Waals surface area contributed by atoms with Crippen LogP contribution >= 0.6 is 11.6 Å². The fraction of sp³-hybridized carbons (Fsp3) is 0.692. The topological polar surface area (TPSA) is 57.8 Å². The van der Waals surface area contributed by atoms with Gasteiger partial charge in [-0.15, -0.1) is 0 Å². The monoisotopic (exact) mass is 269 g/mol. The number of aromatic nitrogens is 2. The molecule has 0 amide bonds. The van der Waals surface area contributed by atoms with Crippen LogP contribution in [0.2, 0.25) is 5.02 Å². The maximum atomic E-state index is 11.3. The maximum absolute atomic E-state index is 11.3. The van der Waals surface area contributed by atoms with Crippen LogP contribution in [0.3, 0.4) is 0 Å². The van der Waals surface area contributed by atoms with E-state index in [-0.39, 0.29) is 10.6 Å². The molecule has 2 N–H and O–H groups in total. The standard InChI is InChI=1S/C13H20ClN3O/c1-9-3-2-4-10(7-9)5-6-15-11-8-16-17-13(18)12(11)14/h8-10H,2-7H2,1H3,(H2,15,17,18). The number of rotatable bonds is 4. The lowest BCUT2D eigenvalue weighted by molar-refractivity contribution is 0.274. The van der Waals surface area contributed by atoms with Gasteiger partial charge in [-0.05, 0) is 24.7 Å². The van der Waals surface area contributed by atoms with Crippen LogP contribution in [0.15, 0.2) is 11.0 Å². The van der Waals surface area contributed by atoms with Gasteiger partial charge in [-0.25, -0.2) is 5.10 Å². The first-order valence-electron chi connectivity index (χ1n) is 6.64. The molecule has 2 atom stereocenters. The van der Waals surface area contributed by atoms with Gasteiger partial charge in [0.05, 0.1) is 11.9 Å². The van der Waals surface area contributed by atoms with Gasteiger partial charge in [-0.2, -0.15) is 5.10 Å². The number of anilines is 1. The summed E-state index contributed by atoms with van der Waals surface area (Å²) in [5.41, 5.74) is 0.289. The Balaban J connectivity index is 1.81. The van der Waals surface area contributed by atoms with Crippen molar-refractivity contribution in [3.05, 3.63) is 21.6 Å². The molecule has 0 saturated heterocycles. The number of hydrogen-bond acceptors (Lipinski definition) is 3. The second kappa shape index (κ2) is 6.23. The van der Waals surface area contributed by atoms with Crippen LogP contribution in [0.4, 0.5) is 5.69 Å². The third-order valence-corrected chi connectivity index (χ3v) is 4.08. The summed E-state index contributed by atoms with van der Waals surface area (Å²) in [6.45, 7) is 3.18. The first-order chi connectivity index (χ1) is 8.66. The molecule has 1 aliphatic rings. The van der Waals surface area contributed by atoms with Crippen molar-refractivity contribution in [1.82, 2.24) is 10.2 Å². The molecule has 2 unspecified atom stereocenters. The minimum Gasteiger partial charge on any atom is -0.382 e. The predicted molar refractivity (Wildman–Crippen MR) is 74.1 cm³/mol. The SMILES string of the molecule is CC1CCCC(CCNc2cn[nH]c(=O)c2Cl)C1. The Morgan fingerprint density at radius 2 is 2.39 bits per heavy atom. The van der Waals surface area contributed by atoms with E-state index in [0.717, 1.165) is 24.8 Å². The number of H-pyrrole nitrogens is 1. The third-order valence-electron chi connectivity index (χ3n) is 3.71. The van der Waals surface area contributed by atoms with Gasteiger partial charge in [0.1, 0.15) is 5.02 Å². The average molecular weight is 270 g/mol. The van der Waals surface area contributed by atoms with Crippen molar-refractivity contribution in [1.29, 1.82) is 0 Å². The van der Waals surface area contributed by atoms with Crippen molar-refractivity contribution in [3.63, 3.8) is 0 Å². The van der Waals surface area contributed by atoms with Crippen molar-refractivity contribution in [3.8, 4) is 0 Å². The fourth-order valence-electron chi connectivity index (χ4n) is 2.74. The summed E-state index contributed by atoms with van der Waals surface area (Å²) < 4.78 is 0. The van der Waals surface area contributed by atoms with E-state index in [2.05, 4.69) is 22.4 Å². The molecular formula is C13H20ClN3O. The summed E-state index contributed by atoms with van der Waals surface area (Å²) in [7, 11) is 0. The molecule has 0 bridgehead atoms. The second-order valence-corrected chi connectivity index (χ2v) is 5.66. The van der Waals surface area contributed by atoms with Crippen LogP contribution in [-0.2, 0) is 0 Å². The lowest BCUT2D eigenvalue weighted by Crippen LogP contribution is -2.18. The van der Waals surface area contributed by atoms with Crippen LogP contribution in [0.25, 0.3) is 0 Å². The smallest absolute Gasteiger partial charge is 0.285 e. The minimum atomic E-state index is -0.340. The fourth-order valence-corrected chi connectivity index (χ4v) is 2.90. The summed E-state index contributed by atoms with van der Waals surface area (Å²) >= 11 is 5.89. The highest BCUT2D eigenvalue weighted by Gasteiger charge is 2.18. The lowest BCUT2D eigenvalue weighted by atomic mass is 9.81. The third kappa shape index (κ3) is 3.48.